The molecule has 1 aliphatic rings. The minimum atomic E-state index is -0.0000899. The maximum absolute atomic E-state index is 6.71. The second-order valence-electron chi connectivity index (χ2n) is 16.2. The molecular weight excluding hydrogens is 711 g/mol. The molecule has 0 amide bonds. The predicted molar refractivity (Wildman–Crippen MR) is 240 cm³/mol. The number of hydrogen-bond donors (Lipinski definition) is 0. The molecule has 280 valence electrons. The lowest BCUT2D eigenvalue weighted by molar-refractivity contribution is 0.483. The minimum absolute atomic E-state index is 0.0000899. The van der Waals surface area contributed by atoms with Crippen LogP contribution >= 0.6 is 0 Å². The maximum Gasteiger partial charge on any atom is 0.137 e. The fraction of sp³-hybridized carbons (Fsp3) is 0.0962. The zero-order valence-corrected chi connectivity index (χ0v) is 32.7. The highest BCUT2D eigenvalue weighted by Gasteiger charge is 2.29. The second-order valence-corrected chi connectivity index (χ2v) is 16.2. The summed E-state index contributed by atoms with van der Waals surface area (Å²) in [6.07, 6.45) is 1.92. The van der Waals surface area contributed by atoms with Crippen molar-refractivity contribution in [1.29, 1.82) is 0 Å². The van der Waals surface area contributed by atoms with E-state index in [-0.39, 0.29) is 5.41 Å². The number of hydrogen-bond acceptors (Lipinski definition) is 4. The first kappa shape index (κ1) is 34.0. The van der Waals surface area contributed by atoms with Gasteiger partial charge in [0.15, 0.2) is 0 Å². The van der Waals surface area contributed by atoms with Gasteiger partial charge in [0.05, 0.1) is 33.4 Å². The molecular formula is C52H41N5O. The summed E-state index contributed by atoms with van der Waals surface area (Å²) in [5, 5.41) is 4.84. The fourth-order valence-corrected chi connectivity index (χ4v) is 8.76. The van der Waals surface area contributed by atoms with Crippen LogP contribution in [-0.2, 0) is 5.41 Å². The smallest absolute Gasteiger partial charge is 0.137 e. The van der Waals surface area contributed by atoms with Gasteiger partial charge in [-0.3, -0.25) is 4.57 Å². The molecule has 0 saturated heterocycles. The lowest BCUT2D eigenvalue weighted by Crippen LogP contribution is -2.23. The van der Waals surface area contributed by atoms with E-state index in [0.29, 0.717) is 6.67 Å². The topological polar surface area (TPSA) is 38.5 Å². The average molecular weight is 752 g/mol. The summed E-state index contributed by atoms with van der Waals surface area (Å²) in [7, 11) is 0. The lowest BCUT2D eigenvalue weighted by atomic mass is 9.88. The van der Waals surface area contributed by atoms with Crippen molar-refractivity contribution >= 4 is 66.4 Å². The highest BCUT2D eigenvalue weighted by molar-refractivity contribution is 6.11. The summed E-state index contributed by atoms with van der Waals surface area (Å²) in [5.74, 6) is 2.44. The van der Waals surface area contributed by atoms with Gasteiger partial charge in [0.2, 0.25) is 0 Å². The van der Waals surface area contributed by atoms with Crippen molar-refractivity contribution in [1.82, 2.24) is 14.1 Å². The number of fused-ring (bicyclic) bond motifs is 7. The lowest BCUT2D eigenvalue weighted by Gasteiger charge is -2.23. The van der Waals surface area contributed by atoms with Crippen LogP contribution < -0.4 is 14.5 Å². The van der Waals surface area contributed by atoms with Crippen LogP contribution in [0.15, 0.2) is 182 Å². The first-order chi connectivity index (χ1) is 28.4. The molecule has 0 unspecified atom stereocenters. The first-order valence-corrected chi connectivity index (χ1v) is 19.9. The van der Waals surface area contributed by atoms with Gasteiger partial charge < -0.3 is 19.1 Å². The van der Waals surface area contributed by atoms with Gasteiger partial charge in [0.1, 0.15) is 24.0 Å². The van der Waals surface area contributed by atoms with Crippen LogP contribution in [0.4, 0.5) is 22.7 Å². The van der Waals surface area contributed by atoms with Gasteiger partial charge in [0.25, 0.3) is 0 Å². The molecule has 10 aromatic rings. The van der Waals surface area contributed by atoms with Crippen molar-refractivity contribution in [3.05, 3.63) is 188 Å². The van der Waals surface area contributed by atoms with Crippen LogP contribution in [-0.4, -0.2) is 20.8 Å². The third kappa shape index (κ3) is 5.52. The normalized spacial score (nSPS) is 12.9. The number of rotatable bonds is 6. The molecule has 11 rings (SSSR count). The number of benzene rings is 7. The number of para-hydroxylation sites is 5. The summed E-state index contributed by atoms with van der Waals surface area (Å²) < 4.78 is 11.3. The molecule has 6 heteroatoms. The summed E-state index contributed by atoms with van der Waals surface area (Å²) >= 11 is 0. The van der Waals surface area contributed by atoms with Gasteiger partial charge in [-0.25, -0.2) is 4.98 Å². The highest BCUT2D eigenvalue weighted by atomic mass is 16.5. The molecule has 0 atom stereocenters. The molecule has 0 bridgehead atoms. The van der Waals surface area contributed by atoms with Gasteiger partial charge in [-0.15, -0.1) is 0 Å². The van der Waals surface area contributed by atoms with Crippen molar-refractivity contribution in [3.8, 4) is 23.0 Å². The van der Waals surface area contributed by atoms with E-state index in [4.69, 9.17) is 9.72 Å². The van der Waals surface area contributed by atoms with Gasteiger partial charge in [-0.2, -0.15) is 0 Å². The van der Waals surface area contributed by atoms with E-state index in [0.717, 1.165) is 62.2 Å². The van der Waals surface area contributed by atoms with Gasteiger partial charge in [0, 0.05) is 56.9 Å². The zero-order valence-electron chi connectivity index (χ0n) is 32.7. The Morgan fingerprint density at radius 3 is 1.74 bits per heavy atom. The number of aromatic nitrogens is 3. The first-order valence-electron chi connectivity index (χ1n) is 19.9. The molecule has 3 aromatic heterocycles. The fourth-order valence-electron chi connectivity index (χ4n) is 8.76. The Labute approximate surface area is 337 Å². The number of pyridine rings is 1. The molecule has 1 aliphatic heterocycles. The van der Waals surface area contributed by atoms with E-state index in [1.165, 1.54) is 32.8 Å². The van der Waals surface area contributed by atoms with E-state index in [9.17, 15) is 0 Å². The SMILES string of the molecule is CC(C)(C)c1ccnc(-n2c3ccccc3c3ccc(Oc4cccc(N5CN(c6ccc7c8ccccc8n(-c8ccccc8)c7c6)c6ccccc65)c4)cc32)c1. The van der Waals surface area contributed by atoms with E-state index >= 15 is 0 Å². The number of ether oxygens (including phenoxy) is 1. The van der Waals surface area contributed by atoms with Crippen LogP contribution in [0.5, 0.6) is 11.5 Å². The molecule has 0 N–H and O–H groups in total. The van der Waals surface area contributed by atoms with E-state index < -0.39 is 0 Å². The van der Waals surface area contributed by atoms with Crippen LogP contribution in [0, 0.1) is 0 Å². The molecule has 4 heterocycles. The zero-order chi connectivity index (χ0) is 39.0. The van der Waals surface area contributed by atoms with Crippen LogP contribution in [0.2, 0.25) is 0 Å². The van der Waals surface area contributed by atoms with Crippen molar-refractivity contribution < 1.29 is 4.74 Å². The molecule has 6 nitrogen and oxygen atoms in total. The Morgan fingerprint density at radius 2 is 1.02 bits per heavy atom. The Balaban J connectivity index is 0.951. The summed E-state index contributed by atoms with van der Waals surface area (Å²) in [5.41, 5.74) is 11.5. The van der Waals surface area contributed by atoms with Crippen molar-refractivity contribution in [2.24, 2.45) is 0 Å². The Kier molecular flexibility index (Phi) is 7.70. The van der Waals surface area contributed by atoms with Crippen molar-refractivity contribution in [2.45, 2.75) is 26.2 Å². The largest absolute Gasteiger partial charge is 0.457 e. The Hall–Kier alpha value is -7.31. The molecule has 0 aliphatic carbocycles. The van der Waals surface area contributed by atoms with Crippen molar-refractivity contribution in [2.75, 3.05) is 16.5 Å². The Morgan fingerprint density at radius 1 is 0.448 bits per heavy atom. The third-order valence-corrected chi connectivity index (χ3v) is 11.6. The van der Waals surface area contributed by atoms with E-state index in [1.807, 2.05) is 12.3 Å². The van der Waals surface area contributed by atoms with Gasteiger partial charge >= 0.3 is 0 Å². The number of nitrogens with zero attached hydrogens (tertiary/aromatic N) is 5. The van der Waals surface area contributed by atoms with E-state index in [1.54, 1.807) is 0 Å². The van der Waals surface area contributed by atoms with Gasteiger partial charge in [-0.05, 0) is 95.9 Å². The summed E-state index contributed by atoms with van der Waals surface area (Å²) in [4.78, 5) is 9.64. The number of anilines is 4. The standard InChI is InChI=1S/C52H41N5O/c1-52(2,3)35-28-29-53-51(30-35)57-46-21-10-8-19-42(46)44-27-25-40(33-50(44)57)58-39-17-13-16-37(31-39)54-34-55(48-23-12-11-22-47(48)54)38-24-26-43-41-18-7-9-20-45(41)56(49(43)32-38)36-14-5-4-6-15-36/h4-33H,34H2,1-3H3. The highest BCUT2D eigenvalue weighted by Crippen LogP contribution is 2.46. The van der Waals surface area contributed by atoms with Gasteiger partial charge in [-0.1, -0.05) is 99.6 Å². The monoisotopic (exact) mass is 751 g/mol. The van der Waals surface area contributed by atoms with Crippen LogP contribution in [0.3, 0.4) is 0 Å². The maximum atomic E-state index is 6.71. The molecule has 0 saturated carbocycles. The third-order valence-electron chi connectivity index (χ3n) is 11.6. The van der Waals surface area contributed by atoms with Crippen molar-refractivity contribution in [3.63, 3.8) is 0 Å². The predicted octanol–water partition coefficient (Wildman–Crippen LogP) is 13.6. The molecule has 0 radical (unpaired) electrons. The molecule has 0 fully saturated rings. The summed E-state index contributed by atoms with van der Waals surface area (Å²) in [6.45, 7) is 7.37. The summed E-state index contributed by atoms with van der Waals surface area (Å²) in [6, 6.07) is 62.5. The molecule has 0 spiro atoms. The average Bonchev–Trinajstić information content (AvgIpc) is 3.91. The molecule has 7 aromatic carbocycles. The van der Waals surface area contributed by atoms with Crippen LogP contribution in [0.1, 0.15) is 26.3 Å². The Bertz CT molecular complexity index is 3190. The molecule has 58 heavy (non-hydrogen) atoms. The second kappa shape index (κ2) is 13.1. The quantitative estimate of drug-likeness (QED) is 0.170. The van der Waals surface area contributed by atoms with Crippen LogP contribution in [0.25, 0.3) is 55.1 Å². The van der Waals surface area contributed by atoms with E-state index in [2.05, 4.69) is 210 Å². The minimum Gasteiger partial charge on any atom is -0.457 e.